The maximum absolute atomic E-state index is 12.2. The minimum absolute atomic E-state index is 0.308. The number of hydrogen-bond donors (Lipinski definition) is 0. The number of hydrogen-bond acceptors (Lipinski definition) is 4. The molecule has 0 aliphatic carbocycles. The second-order valence-electron chi connectivity index (χ2n) is 4.63. The van der Waals surface area contributed by atoms with Crippen LogP contribution in [0.5, 0.6) is 0 Å². The Morgan fingerprint density at radius 3 is 2.77 bits per heavy atom. The summed E-state index contributed by atoms with van der Waals surface area (Å²) in [5.74, 6) is -0.394. The molecular formula is C17H13ClN2O2. The molecule has 0 radical (unpaired) electrons. The van der Waals surface area contributed by atoms with Gasteiger partial charge in [-0.05, 0) is 31.2 Å². The van der Waals surface area contributed by atoms with Crippen molar-refractivity contribution in [2.45, 2.75) is 6.92 Å². The van der Waals surface area contributed by atoms with E-state index in [0.717, 1.165) is 0 Å². The Morgan fingerprint density at radius 1 is 1.18 bits per heavy atom. The van der Waals surface area contributed by atoms with E-state index in [1.54, 1.807) is 31.3 Å². The third-order valence-corrected chi connectivity index (χ3v) is 3.52. The van der Waals surface area contributed by atoms with Gasteiger partial charge in [0.15, 0.2) is 0 Å². The van der Waals surface area contributed by atoms with Crippen LogP contribution in [0.15, 0.2) is 48.7 Å². The summed E-state index contributed by atoms with van der Waals surface area (Å²) in [4.78, 5) is 21.1. The quantitative estimate of drug-likeness (QED) is 0.682. The summed E-state index contributed by atoms with van der Waals surface area (Å²) in [7, 11) is 0. The van der Waals surface area contributed by atoms with E-state index in [2.05, 4.69) is 9.97 Å². The number of ether oxygens (including phenoxy) is 1. The summed E-state index contributed by atoms with van der Waals surface area (Å²) in [5.41, 5.74) is 2.27. The Bertz CT molecular complexity index is 835. The van der Waals surface area contributed by atoms with E-state index >= 15 is 0 Å². The first-order chi connectivity index (χ1) is 10.7. The molecule has 0 atom stereocenters. The standard InChI is InChI=1S/C17H13ClN2O2/c1-2-22-17(21)12-10-15(14-8-3-4-9-19-14)20-16-11(12)6-5-7-13(16)18/h3-10H,2H2,1H3. The average molecular weight is 313 g/mol. The number of para-hydroxylation sites is 1. The molecule has 0 aliphatic rings. The molecule has 0 saturated carbocycles. The van der Waals surface area contributed by atoms with Crippen LogP contribution in [0.2, 0.25) is 5.02 Å². The van der Waals surface area contributed by atoms with E-state index in [0.29, 0.717) is 39.5 Å². The number of aromatic nitrogens is 2. The van der Waals surface area contributed by atoms with Gasteiger partial charge in [0.2, 0.25) is 0 Å². The van der Waals surface area contributed by atoms with Crippen molar-refractivity contribution in [3.05, 3.63) is 59.2 Å². The monoisotopic (exact) mass is 312 g/mol. The van der Waals surface area contributed by atoms with E-state index in [1.807, 2.05) is 24.3 Å². The summed E-state index contributed by atoms with van der Waals surface area (Å²) in [6.07, 6.45) is 1.68. The molecule has 0 bridgehead atoms. The fourth-order valence-electron chi connectivity index (χ4n) is 2.24. The van der Waals surface area contributed by atoms with E-state index < -0.39 is 5.97 Å². The van der Waals surface area contributed by atoms with Crippen molar-refractivity contribution in [2.75, 3.05) is 6.61 Å². The number of esters is 1. The first-order valence-corrected chi connectivity index (χ1v) is 7.26. The molecular weight excluding hydrogens is 300 g/mol. The number of carbonyl (C=O) groups is 1. The minimum Gasteiger partial charge on any atom is -0.462 e. The van der Waals surface area contributed by atoms with Gasteiger partial charge in [0, 0.05) is 11.6 Å². The Labute approximate surface area is 132 Å². The Morgan fingerprint density at radius 2 is 2.05 bits per heavy atom. The molecule has 0 amide bonds. The second kappa shape index (κ2) is 6.12. The predicted octanol–water partition coefficient (Wildman–Crippen LogP) is 4.13. The summed E-state index contributed by atoms with van der Waals surface area (Å²) in [6, 6.07) is 12.6. The van der Waals surface area contributed by atoms with Crippen LogP contribution in [-0.2, 0) is 4.74 Å². The summed E-state index contributed by atoms with van der Waals surface area (Å²) in [6.45, 7) is 2.08. The summed E-state index contributed by atoms with van der Waals surface area (Å²) < 4.78 is 5.14. The van der Waals surface area contributed by atoms with Crippen molar-refractivity contribution in [2.24, 2.45) is 0 Å². The van der Waals surface area contributed by atoms with Crippen molar-refractivity contribution in [1.29, 1.82) is 0 Å². The van der Waals surface area contributed by atoms with Gasteiger partial charge in [-0.2, -0.15) is 0 Å². The molecule has 2 aromatic heterocycles. The van der Waals surface area contributed by atoms with Gasteiger partial charge in [0.1, 0.15) is 0 Å². The maximum atomic E-state index is 12.2. The SMILES string of the molecule is CCOC(=O)c1cc(-c2ccccn2)nc2c(Cl)cccc12. The molecule has 4 nitrogen and oxygen atoms in total. The number of rotatable bonds is 3. The van der Waals surface area contributed by atoms with Gasteiger partial charge in [-0.15, -0.1) is 0 Å². The fourth-order valence-corrected chi connectivity index (χ4v) is 2.45. The Hall–Kier alpha value is -2.46. The maximum Gasteiger partial charge on any atom is 0.338 e. The number of benzene rings is 1. The zero-order valence-electron chi connectivity index (χ0n) is 11.9. The van der Waals surface area contributed by atoms with E-state index in [4.69, 9.17) is 16.3 Å². The van der Waals surface area contributed by atoms with Crippen molar-refractivity contribution in [1.82, 2.24) is 9.97 Å². The molecule has 5 heteroatoms. The van der Waals surface area contributed by atoms with Gasteiger partial charge < -0.3 is 4.74 Å². The van der Waals surface area contributed by atoms with Crippen LogP contribution in [-0.4, -0.2) is 22.5 Å². The molecule has 0 spiro atoms. The van der Waals surface area contributed by atoms with E-state index in [1.165, 1.54) is 0 Å². The predicted molar refractivity (Wildman–Crippen MR) is 85.9 cm³/mol. The van der Waals surface area contributed by atoms with Crippen LogP contribution in [0.4, 0.5) is 0 Å². The Kier molecular flexibility index (Phi) is 4.02. The topological polar surface area (TPSA) is 52.1 Å². The summed E-state index contributed by atoms with van der Waals surface area (Å²) >= 11 is 6.24. The van der Waals surface area contributed by atoms with Gasteiger partial charge >= 0.3 is 5.97 Å². The van der Waals surface area contributed by atoms with Crippen LogP contribution < -0.4 is 0 Å². The summed E-state index contributed by atoms with van der Waals surface area (Å²) in [5, 5.41) is 1.16. The third kappa shape index (κ3) is 2.65. The van der Waals surface area contributed by atoms with Gasteiger partial charge in [-0.25, -0.2) is 9.78 Å². The van der Waals surface area contributed by atoms with E-state index in [9.17, 15) is 4.79 Å². The van der Waals surface area contributed by atoms with Crippen molar-refractivity contribution in [3.63, 3.8) is 0 Å². The molecule has 0 fully saturated rings. The number of fused-ring (bicyclic) bond motifs is 1. The van der Waals surface area contributed by atoms with Crippen LogP contribution in [0.25, 0.3) is 22.3 Å². The normalized spacial score (nSPS) is 10.6. The number of pyridine rings is 2. The lowest BCUT2D eigenvalue weighted by Gasteiger charge is -2.09. The highest BCUT2D eigenvalue weighted by Crippen LogP contribution is 2.28. The molecule has 110 valence electrons. The third-order valence-electron chi connectivity index (χ3n) is 3.21. The first kappa shape index (κ1) is 14.5. The highest BCUT2D eigenvalue weighted by Gasteiger charge is 2.16. The van der Waals surface area contributed by atoms with Crippen molar-refractivity contribution in [3.8, 4) is 11.4 Å². The molecule has 1 aromatic carbocycles. The van der Waals surface area contributed by atoms with Crippen LogP contribution >= 0.6 is 11.6 Å². The molecule has 0 aliphatic heterocycles. The van der Waals surface area contributed by atoms with Crippen molar-refractivity contribution >= 4 is 28.5 Å². The highest BCUT2D eigenvalue weighted by molar-refractivity contribution is 6.35. The van der Waals surface area contributed by atoms with Crippen LogP contribution in [0, 0.1) is 0 Å². The van der Waals surface area contributed by atoms with Gasteiger partial charge in [-0.1, -0.05) is 29.8 Å². The van der Waals surface area contributed by atoms with Crippen LogP contribution in [0.1, 0.15) is 17.3 Å². The lowest BCUT2D eigenvalue weighted by Crippen LogP contribution is -2.07. The smallest absolute Gasteiger partial charge is 0.338 e. The highest BCUT2D eigenvalue weighted by atomic mass is 35.5. The van der Waals surface area contributed by atoms with Crippen LogP contribution in [0.3, 0.4) is 0 Å². The number of halogens is 1. The largest absolute Gasteiger partial charge is 0.462 e. The van der Waals surface area contributed by atoms with Gasteiger partial charge in [0.05, 0.1) is 34.1 Å². The van der Waals surface area contributed by atoms with Crippen molar-refractivity contribution < 1.29 is 9.53 Å². The minimum atomic E-state index is -0.394. The molecule has 3 rings (SSSR count). The zero-order chi connectivity index (χ0) is 15.5. The average Bonchev–Trinajstić information content (AvgIpc) is 2.55. The fraction of sp³-hybridized carbons (Fsp3) is 0.118. The molecule has 3 aromatic rings. The molecule has 0 unspecified atom stereocenters. The van der Waals surface area contributed by atoms with E-state index in [-0.39, 0.29) is 0 Å². The second-order valence-corrected chi connectivity index (χ2v) is 5.03. The zero-order valence-corrected chi connectivity index (χ0v) is 12.7. The van der Waals surface area contributed by atoms with Gasteiger partial charge in [0.25, 0.3) is 0 Å². The molecule has 0 saturated heterocycles. The molecule has 0 N–H and O–H groups in total. The number of carbonyl (C=O) groups excluding carboxylic acids is 1. The van der Waals surface area contributed by atoms with Gasteiger partial charge in [-0.3, -0.25) is 4.98 Å². The Balaban J connectivity index is 2.28. The molecule has 22 heavy (non-hydrogen) atoms. The number of nitrogens with zero attached hydrogens (tertiary/aromatic N) is 2. The lowest BCUT2D eigenvalue weighted by molar-refractivity contribution is 0.0528. The first-order valence-electron chi connectivity index (χ1n) is 6.88. The lowest BCUT2D eigenvalue weighted by atomic mass is 10.1. The molecule has 2 heterocycles.